The summed E-state index contributed by atoms with van der Waals surface area (Å²) in [5, 5.41) is 0. The standard InChI is InChI=1S/C7H8N3/c1-4-10(5-1)7-2-3-8-6-9-7/h2-3H,1,4-5H2. The largest absolute Gasteiger partial charge is 0.356 e. The molecule has 2 heterocycles. The van der Waals surface area contributed by atoms with Crippen LogP contribution in [0.15, 0.2) is 12.3 Å². The van der Waals surface area contributed by atoms with Crippen LogP contribution in [0.25, 0.3) is 0 Å². The third-order valence-corrected chi connectivity index (χ3v) is 1.70. The van der Waals surface area contributed by atoms with Crippen LogP contribution in [-0.4, -0.2) is 23.1 Å². The fourth-order valence-electron chi connectivity index (χ4n) is 0.976. The molecule has 3 heteroatoms. The molecule has 1 fully saturated rings. The molecule has 1 aliphatic heterocycles. The molecule has 1 aromatic heterocycles. The number of nitrogens with zero attached hydrogens (tertiary/aromatic N) is 3. The monoisotopic (exact) mass is 134 g/mol. The summed E-state index contributed by atoms with van der Waals surface area (Å²) in [5.41, 5.74) is 0. The molecule has 1 radical (unpaired) electrons. The second-order valence-electron chi connectivity index (χ2n) is 2.36. The third kappa shape index (κ3) is 0.835. The molecule has 1 aromatic rings. The van der Waals surface area contributed by atoms with Gasteiger partial charge in [0, 0.05) is 19.3 Å². The SMILES string of the molecule is [c]1nccc(N2CCC2)n1. The van der Waals surface area contributed by atoms with Gasteiger partial charge in [-0.2, -0.15) is 0 Å². The Morgan fingerprint density at radius 1 is 1.50 bits per heavy atom. The van der Waals surface area contributed by atoms with E-state index in [9.17, 15) is 0 Å². The van der Waals surface area contributed by atoms with Crippen LogP contribution in [0.1, 0.15) is 6.42 Å². The van der Waals surface area contributed by atoms with Crippen molar-refractivity contribution in [3.05, 3.63) is 18.6 Å². The zero-order valence-electron chi connectivity index (χ0n) is 5.62. The Labute approximate surface area is 59.7 Å². The molecule has 3 nitrogen and oxygen atoms in total. The minimum absolute atomic E-state index is 1.00. The maximum atomic E-state index is 3.99. The summed E-state index contributed by atoms with van der Waals surface area (Å²) in [6, 6.07) is 1.91. The van der Waals surface area contributed by atoms with Crippen LogP contribution in [0.3, 0.4) is 0 Å². The Bertz CT molecular complexity index is 205. The van der Waals surface area contributed by atoms with Crippen molar-refractivity contribution in [2.45, 2.75) is 6.42 Å². The van der Waals surface area contributed by atoms with Crippen LogP contribution in [-0.2, 0) is 0 Å². The van der Waals surface area contributed by atoms with Gasteiger partial charge < -0.3 is 4.90 Å². The van der Waals surface area contributed by atoms with E-state index < -0.39 is 0 Å². The first-order valence-electron chi connectivity index (χ1n) is 3.41. The first-order chi connectivity index (χ1) is 4.97. The van der Waals surface area contributed by atoms with Gasteiger partial charge >= 0.3 is 0 Å². The lowest BCUT2D eigenvalue weighted by atomic mass is 10.2. The maximum Gasteiger partial charge on any atom is 0.199 e. The van der Waals surface area contributed by atoms with E-state index >= 15 is 0 Å². The first-order valence-corrected chi connectivity index (χ1v) is 3.41. The highest BCUT2D eigenvalue weighted by molar-refractivity contribution is 5.38. The van der Waals surface area contributed by atoms with E-state index in [0.29, 0.717) is 0 Å². The Kier molecular flexibility index (Phi) is 1.27. The first kappa shape index (κ1) is 5.65. The van der Waals surface area contributed by atoms with Crippen molar-refractivity contribution in [3.8, 4) is 0 Å². The minimum atomic E-state index is 1.00. The molecule has 0 aliphatic carbocycles. The molecule has 0 bridgehead atoms. The second kappa shape index (κ2) is 2.25. The van der Waals surface area contributed by atoms with Crippen molar-refractivity contribution in [2.75, 3.05) is 18.0 Å². The molecule has 0 spiro atoms. The van der Waals surface area contributed by atoms with Gasteiger partial charge in [-0.25, -0.2) is 9.97 Å². The van der Waals surface area contributed by atoms with E-state index in [1.165, 1.54) is 6.42 Å². The maximum absolute atomic E-state index is 3.99. The summed E-state index contributed by atoms with van der Waals surface area (Å²) in [7, 11) is 0. The highest BCUT2D eigenvalue weighted by Crippen LogP contribution is 2.15. The average molecular weight is 134 g/mol. The molecule has 10 heavy (non-hydrogen) atoms. The Morgan fingerprint density at radius 3 is 2.90 bits per heavy atom. The summed E-state index contributed by atoms with van der Waals surface area (Å²) in [6.07, 6.45) is 5.57. The quantitative estimate of drug-likeness (QED) is 0.559. The Hall–Kier alpha value is -1.12. The number of anilines is 1. The van der Waals surface area contributed by atoms with E-state index in [2.05, 4.69) is 21.2 Å². The molecule has 0 unspecified atom stereocenters. The molecule has 0 atom stereocenters. The van der Waals surface area contributed by atoms with Crippen molar-refractivity contribution in [2.24, 2.45) is 0 Å². The van der Waals surface area contributed by atoms with Gasteiger partial charge in [-0.05, 0) is 12.5 Å². The van der Waals surface area contributed by atoms with Crippen LogP contribution in [0, 0.1) is 6.33 Å². The molecule has 2 rings (SSSR count). The minimum Gasteiger partial charge on any atom is -0.356 e. The van der Waals surface area contributed by atoms with Crippen LogP contribution in [0.2, 0.25) is 0 Å². The Morgan fingerprint density at radius 2 is 2.40 bits per heavy atom. The fourth-order valence-corrected chi connectivity index (χ4v) is 0.976. The smallest absolute Gasteiger partial charge is 0.199 e. The lowest BCUT2D eigenvalue weighted by Gasteiger charge is -2.31. The van der Waals surface area contributed by atoms with Crippen molar-refractivity contribution in [1.82, 2.24) is 9.97 Å². The number of rotatable bonds is 1. The van der Waals surface area contributed by atoms with Crippen molar-refractivity contribution in [1.29, 1.82) is 0 Å². The van der Waals surface area contributed by atoms with Crippen LogP contribution in [0.5, 0.6) is 0 Å². The number of hydrogen-bond acceptors (Lipinski definition) is 3. The average Bonchev–Trinajstić information content (AvgIpc) is 1.86. The zero-order valence-corrected chi connectivity index (χ0v) is 5.62. The number of hydrogen-bond donors (Lipinski definition) is 0. The fraction of sp³-hybridized carbons (Fsp3) is 0.429. The normalized spacial score (nSPS) is 16.6. The summed E-state index contributed by atoms with van der Waals surface area (Å²) in [6.45, 7) is 2.26. The molecule has 0 saturated carbocycles. The predicted molar refractivity (Wildman–Crippen MR) is 37.7 cm³/mol. The van der Waals surface area contributed by atoms with Crippen LogP contribution < -0.4 is 4.90 Å². The zero-order chi connectivity index (χ0) is 6.81. The lowest BCUT2D eigenvalue weighted by Crippen LogP contribution is -2.37. The summed E-state index contributed by atoms with van der Waals surface area (Å²) in [5.74, 6) is 1.00. The van der Waals surface area contributed by atoms with Gasteiger partial charge in [0.25, 0.3) is 0 Å². The van der Waals surface area contributed by atoms with Crippen LogP contribution in [0.4, 0.5) is 5.82 Å². The molecule has 0 amide bonds. The van der Waals surface area contributed by atoms with Gasteiger partial charge in [0.1, 0.15) is 5.82 Å². The van der Waals surface area contributed by atoms with Gasteiger partial charge in [0.15, 0.2) is 6.33 Å². The molecule has 1 aliphatic rings. The molecular weight excluding hydrogens is 126 g/mol. The Balaban J connectivity index is 2.18. The highest BCUT2D eigenvalue weighted by Gasteiger charge is 2.14. The summed E-state index contributed by atoms with van der Waals surface area (Å²) >= 11 is 0. The van der Waals surface area contributed by atoms with E-state index in [1.807, 2.05) is 6.07 Å². The van der Waals surface area contributed by atoms with E-state index in [1.54, 1.807) is 6.20 Å². The van der Waals surface area contributed by atoms with Gasteiger partial charge in [-0.15, -0.1) is 0 Å². The van der Waals surface area contributed by atoms with Crippen molar-refractivity contribution < 1.29 is 0 Å². The van der Waals surface area contributed by atoms with Gasteiger partial charge in [0.2, 0.25) is 0 Å². The van der Waals surface area contributed by atoms with Crippen LogP contribution >= 0.6 is 0 Å². The molecule has 0 aromatic carbocycles. The van der Waals surface area contributed by atoms with E-state index in [4.69, 9.17) is 0 Å². The second-order valence-corrected chi connectivity index (χ2v) is 2.36. The lowest BCUT2D eigenvalue weighted by molar-refractivity contribution is 0.608. The highest BCUT2D eigenvalue weighted by atomic mass is 15.2. The summed E-state index contributed by atoms with van der Waals surface area (Å²) < 4.78 is 0. The van der Waals surface area contributed by atoms with Gasteiger partial charge in [-0.1, -0.05) is 0 Å². The number of aromatic nitrogens is 2. The van der Waals surface area contributed by atoms with E-state index in [-0.39, 0.29) is 0 Å². The molecular formula is C7H8N3. The topological polar surface area (TPSA) is 29.0 Å². The molecule has 0 N–H and O–H groups in total. The third-order valence-electron chi connectivity index (χ3n) is 1.70. The van der Waals surface area contributed by atoms with E-state index in [0.717, 1.165) is 18.9 Å². The van der Waals surface area contributed by atoms with Crippen molar-refractivity contribution in [3.63, 3.8) is 0 Å². The molecule has 51 valence electrons. The van der Waals surface area contributed by atoms with Gasteiger partial charge in [0.05, 0.1) is 0 Å². The predicted octanol–water partition coefficient (Wildman–Crippen LogP) is 0.487. The molecule has 1 saturated heterocycles. The van der Waals surface area contributed by atoms with Gasteiger partial charge in [-0.3, -0.25) is 0 Å². The van der Waals surface area contributed by atoms with Crippen molar-refractivity contribution >= 4 is 5.82 Å². The summed E-state index contributed by atoms with van der Waals surface area (Å²) in [4.78, 5) is 9.92.